The van der Waals surface area contributed by atoms with Gasteiger partial charge in [0.15, 0.2) is 6.29 Å². The summed E-state index contributed by atoms with van der Waals surface area (Å²) in [5.41, 5.74) is -2.76. The van der Waals surface area contributed by atoms with Crippen LogP contribution in [0.25, 0.3) is 0 Å². The van der Waals surface area contributed by atoms with Crippen LogP contribution in [-0.4, -0.2) is 18.5 Å². The van der Waals surface area contributed by atoms with Gasteiger partial charge in [-0.3, -0.25) is 14.5 Å². The molecule has 84 valence electrons. The molecule has 0 fully saturated rings. The van der Waals surface area contributed by atoms with Gasteiger partial charge >= 0.3 is 0 Å². The van der Waals surface area contributed by atoms with Gasteiger partial charge in [-0.1, -0.05) is 18.2 Å². The molecule has 1 amide bonds. The molecule has 16 heavy (non-hydrogen) atoms. The van der Waals surface area contributed by atoms with Gasteiger partial charge < -0.3 is 0 Å². The van der Waals surface area contributed by atoms with Gasteiger partial charge in [0.05, 0.1) is 5.69 Å². The van der Waals surface area contributed by atoms with Crippen molar-refractivity contribution in [3.05, 3.63) is 29.8 Å². The topological polar surface area (TPSA) is 37.4 Å². The number of hydrogen-bond acceptors (Lipinski definition) is 2. The van der Waals surface area contributed by atoms with Gasteiger partial charge in [0.1, 0.15) is 0 Å². The zero-order valence-corrected chi connectivity index (χ0v) is 8.48. The molecule has 0 aliphatic carbocycles. The molecule has 3 nitrogen and oxygen atoms in total. The second-order valence-corrected chi connectivity index (χ2v) is 3.63. The molecule has 1 heterocycles. The molecular weight excluding hydrogens is 216 g/mol. The molecule has 0 N–H and O–H groups in total. The number of nitrogens with zero attached hydrogens (tertiary/aromatic N) is 1. The number of halogens is 2. The predicted molar refractivity (Wildman–Crippen MR) is 53.3 cm³/mol. The highest BCUT2D eigenvalue weighted by Crippen LogP contribution is 2.45. The average Bonchev–Trinajstić information content (AvgIpc) is 2.50. The van der Waals surface area contributed by atoms with E-state index in [1.54, 1.807) is 6.07 Å². The quantitative estimate of drug-likeness (QED) is 0.539. The van der Waals surface area contributed by atoms with Crippen molar-refractivity contribution in [2.45, 2.75) is 18.9 Å². The van der Waals surface area contributed by atoms with E-state index < -0.39 is 17.9 Å². The maximum absolute atomic E-state index is 14.1. The molecule has 0 saturated heterocycles. The average molecular weight is 225 g/mol. The Morgan fingerprint density at radius 3 is 2.69 bits per heavy atom. The van der Waals surface area contributed by atoms with Crippen LogP contribution in [0, 0.1) is 0 Å². The SMILES string of the molecule is CC(=O)N1c2ccccc2C(F)(C=O)C1F. The first-order valence-electron chi connectivity index (χ1n) is 4.71. The number of alkyl halides is 2. The maximum Gasteiger partial charge on any atom is 0.242 e. The number of para-hydroxylation sites is 1. The Kier molecular flexibility index (Phi) is 2.26. The minimum absolute atomic E-state index is 0.0978. The Morgan fingerprint density at radius 2 is 2.12 bits per heavy atom. The summed E-state index contributed by atoms with van der Waals surface area (Å²) in [6.07, 6.45) is -2.39. The largest absolute Gasteiger partial charge is 0.299 e. The van der Waals surface area contributed by atoms with E-state index in [2.05, 4.69) is 0 Å². The number of carbonyl (C=O) groups excluding carboxylic acids is 2. The summed E-state index contributed by atoms with van der Waals surface area (Å²) in [7, 11) is 0. The van der Waals surface area contributed by atoms with E-state index in [4.69, 9.17) is 0 Å². The van der Waals surface area contributed by atoms with Crippen LogP contribution >= 0.6 is 0 Å². The van der Waals surface area contributed by atoms with Gasteiger partial charge in [0.2, 0.25) is 17.9 Å². The highest BCUT2D eigenvalue weighted by molar-refractivity contribution is 5.97. The Labute approximate surface area is 90.7 Å². The van der Waals surface area contributed by atoms with Crippen molar-refractivity contribution < 1.29 is 18.4 Å². The van der Waals surface area contributed by atoms with Crippen LogP contribution in [0.2, 0.25) is 0 Å². The first kappa shape index (κ1) is 10.7. The van der Waals surface area contributed by atoms with E-state index in [1.807, 2.05) is 0 Å². The van der Waals surface area contributed by atoms with E-state index in [1.165, 1.54) is 18.2 Å². The van der Waals surface area contributed by atoms with Crippen LogP contribution in [-0.2, 0) is 15.3 Å². The normalized spacial score (nSPS) is 27.7. The van der Waals surface area contributed by atoms with Gasteiger partial charge in [-0.25, -0.2) is 8.78 Å². The van der Waals surface area contributed by atoms with E-state index >= 15 is 0 Å². The third kappa shape index (κ3) is 1.17. The number of hydrogen-bond donors (Lipinski definition) is 0. The lowest BCUT2D eigenvalue weighted by atomic mass is 9.99. The van der Waals surface area contributed by atoms with Crippen LogP contribution in [0.4, 0.5) is 14.5 Å². The summed E-state index contributed by atoms with van der Waals surface area (Å²) in [4.78, 5) is 22.6. The van der Waals surface area contributed by atoms with Crippen LogP contribution in [0.15, 0.2) is 24.3 Å². The van der Waals surface area contributed by atoms with Crippen molar-refractivity contribution in [3.8, 4) is 0 Å². The molecule has 0 aromatic heterocycles. The fourth-order valence-corrected chi connectivity index (χ4v) is 1.89. The number of aldehydes is 1. The smallest absolute Gasteiger partial charge is 0.242 e. The molecule has 2 rings (SSSR count). The van der Waals surface area contributed by atoms with Crippen LogP contribution in [0.1, 0.15) is 12.5 Å². The van der Waals surface area contributed by atoms with Crippen molar-refractivity contribution >= 4 is 17.9 Å². The second kappa shape index (κ2) is 3.37. The number of anilines is 1. The van der Waals surface area contributed by atoms with Crippen LogP contribution < -0.4 is 4.90 Å². The summed E-state index contributed by atoms with van der Waals surface area (Å²) < 4.78 is 27.9. The fourth-order valence-electron chi connectivity index (χ4n) is 1.89. The third-order valence-electron chi connectivity index (χ3n) is 2.66. The van der Waals surface area contributed by atoms with E-state index in [-0.39, 0.29) is 17.5 Å². The summed E-state index contributed by atoms with van der Waals surface area (Å²) in [5, 5.41) is 0. The minimum Gasteiger partial charge on any atom is -0.299 e. The molecule has 1 aliphatic heterocycles. The maximum atomic E-state index is 14.1. The Hall–Kier alpha value is -1.78. The molecule has 2 atom stereocenters. The first-order valence-corrected chi connectivity index (χ1v) is 4.71. The molecular formula is C11H9F2NO2. The highest BCUT2D eigenvalue weighted by Gasteiger charge is 2.54. The standard InChI is InChI=1S/C11H9F2NO2/c1-7(16)14-9-5-3-2-4-8(9)11(13,6-15)10(14)12/h2-6,10H,1H3. The molecule has 5 heteroatoms. The van der Waals surface area contributed by atoms with E-state index in [0.29, 0.717) is 4.90 Å². The van der Waals surface area contributed by atoms with Crippen molar-refractivity contribution in [2.75, 3.05) is 4.90 Å². The molecule has 0 radical (unpaired) electrons. The summed E-state index contributed by atoms with van der Waals surface area (Å²) in [6, 6.07) is 5.76. The molecule has 1 aliphatic rings. The van der Waals surface area contributed by atoms with E-state index in [0.717, 1.165) is 6.92 Å². The third-order valence-corrected chi connectivity index (χ3v) is 2.66. The summed E-state index contributed by atoms with van der Waals surface area (Å²) in [5.74, 6) is -0.638. The van der Waals surface area contributed by atoms with Crippen molar-refractivity contribution in [3.63, 3.8) is 0 Å². The number of rotatable bonds is 1. The second-order valence-electron chi connectivity index (χ2n) is 3.63. The molecule has 1 aromatic carbocycles. The van der Waals surface area contributed by atoms with Crippen molar-refractivity contribution in [2.24, 2.45) is 0 Å². The Balaban J connectivity index is 2.66. The van der Waals surface area contributed by atoms with Crippen LogP contribution in [0.5, 0.6) is 0 Å². The monoisotopic (exact) mass is 225 g/mol. The summed E-state index contributed by atoms with van der Waals surface area (Å²) >= 11 is 0. The molecule has 0 saturated carbocycles. The number of fused-ring (bicyclic) bond motifs is 1. The van der Waals surface area contributed by atoms with Gasteiger partial charge in [0.25, 0.3) is 0 Å². The lowest BCUT2D eigenvalue weighted by molar-refractivity contribution is -0.124. The van der Waals surface area contributed by atoms with Crippen molar-refractivity contribution in [1.82, 2.24) is 0 Å². The van der Waals surface area contributed by atoms with E-state index in [9.17, 15) is 18.4 Å². The molecule has 1 aromatic rings. The number of carbonyl (C=O) groups is 2. The summed E-state index contributed by atoms with van der Waals surface area (Å²) in [6.45, 7) is 1.12. The number of amides is 1. The lowest BCUT2D eigenvalue weighted by Gasteiger charge is -2.21. The number of benzene rings is 1. The Morgan fingerprint density at radius 1 is 1.50 bits per heavy atom. The van der Waals surface area contributed by atoms with Gasteiger partial charge in [0, 0.05) is 12.5 Å². The van der Waals surface area contributed by atoms with Gasteiger partial charge in [-0.05, 0) is 6.07 Å². The van der Waals surface area contributed by atoms with Crippen molar-refractivity contribution in [1.29, 1.82) is 0 Å². The first-order chi connectivity index (χ1) is 7.52. The van der Waals surface area contributed by atoms with Gasteiger partial charge in [-0.2, -0.15) is 0 Å². The predicted octanol–water partition coefficient (Wildman–Crippen LogP) is 1.71. The fraction of sp³-hybridized carbons (Fsp3) is 0.273. The molecule has 2 unspecified atom stereocenters. The van der Waals surface area contributed by atoms with Gasteiger partial charge in [-0.15, -0.1) is 0 Å². The lowest BCUT2D eigenvalue weighted by Crippen LogP contribution is -2.42. The van der Waals surface area contributed by atoms with Crippen LogP contribution in [0.3, 0.4) is 0 Å². The molecule has 0 bridgehead atoms. The zero-order chi connectivity index (χ0) is 11.9. The zero-order valence-electron chi connectivity index (χ0n) is 8.48. The molecule has 0 spiro atoms. The minimum atomic E-state index is -2.76. The highest BCUT2D eigenvalue weighted by atomic mass is 19.2. The Bertz CT molecular complexity index is 463.